The number of aryl methyl sites for hydroxylation is 3. The maximum atomic E-state index is 13.6. The average molecular weight is 478 g/mol. The molecule has 0 aliphatic carbocycles. The number of ether oxygens (including phenoxy) is 1. The van der Waals surface area contributed by atoms with E-state index in [1.54, 1.807) is 18.7 Å². The van der Waals surface area contributed by atoms with Crippen molar-refractivity contribution in [2.45, 2.75) is 45.7 Å². The van der Waals surface area contributed by atoms with Crippen LogP contribution in [0.3, 0.4) is 0 Å². The molecule has 1 aliphatic rings. The second-order valence-corrected chi connectivity index (χ2v) is 7.73. The first-order valence-electron chi connectivity index (χ1n) is 9.53. The van der Waals surface area contributed by atoms with E-state index in [-0.39, 0.29) is 28.5 Å². The number of hydrogen-bond acceptors (Lipinski definition) is 5. The number of aromatic nitrogens is 4. The molecule has 0 bridgehead atoms. The highest BCUT2D eigenvalue weighted by atomic mass is 35.5. The highest BCUT2D eigenvalue weighted by molar-refractivity contribution is 6.35. The van der Waals surface area contributed by atoms with Gasteiger partial charge in [-0.05, 0) is 26.3 Å². The highest BCUT2D eigenvalue weighted by Crippen LogP contribution is 2.44. The predicted octanol–water partition coefficient (Wildman–Crippen LogP) is 4.77. The van der Waals surface area contributed by atoms with E-state index in [1.807, 2.05) is 0 Å². The SMILES string of the molecule is Cc1nc(=O)[nH]c(C)c1N1CCCn2c1nc1c(Cl)ccc(C(OC(F)F)C(F)(F)F)c12. The Morgan fingerprint density at radius 2 is 1.91 bits per heavy atom. The largest absolute Gasteiger partial charge is 0.419 e. The number of alkyl halides is 5. The molecule has 3 aromatic rings. The van der Waals surface area contributed by atoms with Crippen LogP contribution < -0.4 is 10.6 Å². The molecule has 1 aliphatic heterocycles. The molecule has 2 aromatic heterocycles. The average Bonchev–Trinajstić information content (AvgIpc) is 3.07. The first kappa shape index (κ1) is 22.5. The van der Waals surface area contributed by atoms with E-state index in [0.29, 0.717) is 30.0 Å². The Hall–Kier alpha value is -2.73. The second kappa shape index (κ2) is 8.00. The van der Waals surface area contributed by atoms with Gasteiger partial charge in [-0.15, -0.1) is 0 Å². The van der Waals surface area contributed by atoms with Gasteiger partial charge in [0.2, 0.25) is 5.95 Å². The zero-order chi connectivity index (χ0) is 23.4. The lowest BCUT2D eigenvalue weighted by atomic mass is 10.1. The Balaban J connectivity index is 1.97. The van der Waals surface area contributed by atoms with Gasteiger partial charge in [0, 0.05) is 24.3 Å². The molecular formula is C19H17ClF5N5O2. The van der Waals surface area contributed by atoms with Crippen LogP contribution in [-0.4, -0.2) is 38.9 Å². The molecular weight excluding hydrogens is 461 g/mol. The normalized spacial score (nSPS) is 15.5. The lowest BCUT2D eigenvalue weighted by molar-refractivity contribution is -0.276. The summed E-state index contributed by atoms with van der Waals surface area (Å²) < 4.78 is 72.1. The topological polar surface area (TPSA) is 76.0 Å². The third-order valence-corrected chi connectivity index (χ3v) is 5.52. The summed E-state index contributed by atoms with van der Waals surface area (Å²) in [5, 5.41) is 0.0663. The van der Waals surface area contributed by atoms with Crippen molar-refractivity contribution in [3.05, 3.63) is 44.6 Å². The number of fused-ring (bicyclic) bond motifs is 3. The van der Waals surface area contributed by atoms with Gasteiger partial charge in [0.05, 0.1) is 21.9 Å². The standard InChI is InChI=1S/C19H17ClF5N5O2/c1-8-13(9(2)27-17(31)26-8)29-6-3-7-30-14-10(15(19(23,24)25)32-16(21)22)4-5-11(20)12(14)28-18(29)30/h4-5,15-16H,3,6-7H2,1-2H3,(H,26,27,31). The molecule has 0 spiro atoms. The lowest BCUT2D eigenvalue weighted by Gasteiger charge is -2.31. The summed E-state index contributed by atoms with van der Waals surface area (Å²) >= 11 is 6.23. The van der Waals surface area contributed by atoms with Crippen molar-refractivity contribution >= 4 is 34.3 Å². The van der Waals surface area contributed by atoms with Crippen LogP contribution in [0.15, 0.2) is 16.9 Å². The van der Waals surface area contributed by atoms with Crippen molar-refractivity contribution in [1.29, 1.82) is 0 Å². The van der Waals surface area contributed by atoms with Crippen LogP contribution in [0.4, 0.5) is 33.6 Å². The maximum Gasteiger partial charge on any atom is 0.419 e. The zero-order valence-electron chi connectivity index (χ0n) is 16.8. The Morgan fingerprint density at radius 3 is 2.53 bits per heavy atom. The molecule has 0 amide bonds. The van der Waals surface area contributed by atoms with Crippen molar-refractivity contribution in [3.63, 3.8) is 0 Å². The number of hydrogen-bond donors (Lipinski definition) is 1. The number of H-pyrrole nitrogens is 1. The first-order valence-corrected chi connectivity index (χ1v) is 9.91. The Bertz CT molecular complexity index is 1210. The van der Waals surface area contributed by atoms with Gasteiger partial charge in [0.25, 0.3) is 0 Å². The van der Waals surface area contributed by atoms with E-state index in [0.717, 1.165) is 6.07 Å². The van der Waals surface area contributed by atoms with Gasteiger partial charge in [-0.2, -0.15) is 26.9 Å². The minimum absolute atomic E-state index is 0.0332. The van der Waals surface area contributed by atoms with Gasteiger partial charge in [0.1, 0.15) is 5.52 Å². The Morgan fingerprint density at radius 1 is 1.19 bits per heavy atom. The van der Waals surface area contributed by atoms with Gasteiger partial charge in [-0.25, -0.2) is 9.78 Å². The van der Waals surface area contributed by atoms with E-state index < -0.39 is 30.1 Å². The minimum Gasteiger partial charge on any atom is -0.309 e. The van der Waals surface area contributed by atoms with E-state index in [2.05, 4.69) is 19.7 Å². The number of anilines is 2. The molecule has 172 valence electrons. The summed E-state index contributed by atoms with van der Waals surface area (Å²) in [6.45, 7) is 0.395. The van der Waals surface area contributed by atoms with E-state index in [1.165, 1.54) is 10.6 Å². The fourth-order valence-corrected chi connectivity index (χ4v) is 4.30. The molecule has 32 heavy (non-hydrogen) atoms. The van der Waals surface area contributed by atoms with Crippen LogP contribution in [0.1, 0.15) is 29.5 Å². The molecule has 13 heteroatoms. The van der Waals surface area contributed by atoms with Crippen molar-refractivity contribution in [2.75, 3.05) is 11.4 Å². The van der Waals surface area contributed by atoms with Crippen LogP contribution >= 0.6 is 11.6 Å². The van der Waals surface area contributed by atoms with Crippen molar-refractivity contribution in [1.82, 2.24) is 19.5 Å². The van der Waals surface area contributed by atoms with Gasteiger partial charge < -0.3 is 19.2 Å². The molecule has 1 N–H and O–H groups in total. The van der Waals surface area contributed by atoms with Crippen molar-refractivity contribution in [2.24, 2.45) is 0 Å². The molecule has 0 radical (unpaired) electrons. The lowest BCUT2D eigenvalue weighted by Crippen LogP contribution is -2.31. The first-order chi connectivity index (χ1) is 15.0. The quantitative estimate of drug-likeness (QED) is 0.548. The smallest absolute Gasteiger partial charge is 0.309 e. The van der Waals surface area contributed by atoms with E-state index >= 15 is 0 Å². The van der Waals surface area contributed by atoms with Crippen LogP contribution in [0.5, 0.6) is 0 Å². The minimum atomic E-state index is -5.09. The fraction of sp³-hybridized carbons (Fsp3) is 0.421. The number of imidazole rings is 1. The second-order valence-electron chi connectivity index (χ2n) is 7.32. The molecule has 0 saturated heterocycles. The zero-order valence-corrected chi connectivity index (χ0v) is 17.6. The van der Waals surface area contributed by atoms with E-state index in [9.17, 15) is 26.7 Å². The number of nitrogens with zero attached hydrogens (tertiary/aromatic N) is 4. The molecule has 3 heterocycles. The molecule has 1 aromatic carbocycles. The molecule has 0 fully saturated rings. The number of rotatable bonds is 4. The highest BCUT2D eigenvalue weighted by Gasteiger charge is 2.45. The van der Waals surface area contributed by atoms with Crippen LogP contribution in [0, 0.1) is 13.8 Å². The summed E-state index contributed by atoms with van der Waals surface area (Å²) in [5.41, 5.74) is 0.423. The monoisotopic (exact) mass is 477 g/mol. The third kappa shape index (κ3) is 3.81. The molecule has 0 saturated carbocycles. The van der Waals surface area contributed by atoms with Crippen LogP contribution in [0.2, 0.25) is 5.02 Å². The van der Waals surface area contributed by atoms with Gasteiger partial charge >= 0.3 is 18.5 Å². The summed E-state index contributed by atoms with van der Waals surface area (Å²) in [6, 6.07) is 2.20. The summed E-state index contributed by atoms with van der Waals surface area (Å²) in [4.78, 5) is 24.3. The maximum absolute atomic E-state index is 13.6. The third-order valence-electron chi connectivity index (χ3n) is 5.21. The number of benzene rings is 1. The fourth-order valence-electron chi connectivity index (χ4n) is 4.10. The Labute approximate surface area is 182 Å². The van der Waals surface area contributed by atoms with Gasteiger partial charge in [-0.1, -0.05) is 17.7 Å². The van der Waals surface area contributed by atoms with Crippen LogP contribution in [-0.2, 0) is 11.3 Å². The Kier molecular flexibility index (Phi) is 5.61. The molecule has 4 rings (SSSR count). The van der Waals surface area contributed by atoms with Crippen molar-refractivity contribution in [3.8, 4) is 0 Å². The predicted molar refractivity (Wildman–Crippen MR) is 107 cm³/mol. The molecule has 1 atom stereocenters. The summed E-state index contributed by atoms with van der Waals surface area (Å²) in [6.07, 6.45) is -7.45. The summed E-state index contributed by atoms with van der Waals surface area (Å²) in [7, 11) is 0. The van der Waals surface area contributed by atoms with Crippen molar-refractivity contribution < 1.29 is 26.7 Å². The van der Waals surface area contributed by atoms with Crippen LogP contribution in [0.25, 0.3) is 11.0 Å². The van der Waals surface area contributed by atoms with Gasteiger partial charge in [-0.3, -0.25) is 0 Å². The van der Waals surface area contributed by atoms with E-state index in [4.69, 9.17) is 11.6 Å². The summed E-state index contributed by atoms with van der Waals surface area (Å²) in [5.74, 6) is 0.263. The molecule has 1 unspecified atom stereocenters. The number of halogens is 6. The number of nitrogens with one attached hydrogen (secondary N) is 1. The number of aromatic amines is 1. The van der Waals surface area contributed by atoms with Gasteiger partial charge in [0.15, 0.2) is 6.10 Å². The molecule has 7 nitrogen and oxygen atoms in total.